The van der Waals surface area contributed by atoms with Crippen LogP contribution in [0.2, 0.25) is 0 Å². The number of methoxy groups -OCH3 is 1. The van der Waals surface area contributed by atoms with Crippen molar-refractivity contribution in [2.75, 3.05) is 13.7 Å². The minimum absolute atomic E-state index is 0.175. The van der Waals surface area contributed by atoms with Gasteiger partial charge in [-0.1, -0.05) is 6.07 Å². The highest BCUT2D eigenvalue weighted by Gasteiger charge is 2.17. The van der Waals surface area contributed by atoms with E-state index in [9.17, 15) is 4.39 Å². The Morgan fingerprint density at radius 2 is 2.32 bits per heavy atom. The van der Waals surface area contributed by atoms with Crippen molar-refractivity contribution in [1.82, 2.24) is 0 Å². The molecule has 0 spiro atoms. The Bertz CT molecular complexity index is 405. The third kappa shape index (κ3) is 4.08. The molecule has 4 heteroatoms. The van der Waals surface area contributed by atoms with E-state index in [4.69, 9.17) is 21.1 Å². The Labute approximate surface area is 118 Å². The van der Waals surface area contributed by atoms with Crippen LogP contribution in [0.3, 0.4) is 0 Å². The first-order valence-electron chi connectivity index (χ1n) is 6.80. The monoisotopic (exact) mass is 286 g/mol. The molecule has 2 nitrogen and oxygen atoms in total. The van der Waals surface area contributed by atoms with Gasteiger partial charge in [0.1, 0.15) is 0 Å². The van der Waals surface area contributed by atoms with E-state index in [2.05, 4.69) is 0 Å². The predicted octanol–water partition coefficient (Wildman–Crippen LogP) is 4.46. The van der Waals surface area contributed by atoms with Crippen molar-refractivity contribution < 1.29 is 13.9 Å². The zero-order valence-corrected chi connectivity index (χ0v) is 12.0. The summed E-state index contributed by atoms with van der Waals surface area (Å²) in [6.07, 6.45) is 5.55. The molecule has 0 aromatic heterocycles. The second-order valence-electron chi connectivity index (χ2n) is 4.93. The van der Waals surface area contributed by atoms with Gasteiger partial charge in [-0.2, -0.15) is 0 Å². The van der Waals surface area contributed by atoms with Gasteiger partial charge in [0.2, 0.25) is 0 Å². The number of alkyl halides is 1. The van der Waals surface area contributed by atoms with Gasteiger partial charge in [-0.15, -0.1) is 11.6 Å². The summed E-state index contributed by atoms with van der Waals surface area (Å²) in [5.41, 5.74) is 0.802. The molecule has 2 rings (SSSR count). The summed E-state index contributed by atoms with van der Waals surface area (Å²) in [6.45, 7) is 0.856. The third-order valence-corrected chi connectivity index (χ3v) is 4.02. The van der Waals surface area contributed by atoms with Gasteiger partial charge in [0, 0.05) is 6.61 Å². The van der Waals surface area contributed by atoms with Crippen LogP contribution < -0.4 is 4.74 Å². The van der Waals surface area contributed by atoms with Gasteiger partial charge in [0.05, 0.1) is 18.6 Å². The van der Waals surface area contributed by atoms with Gasteiger partial charge in [-0.25, -0.2) is 4.39 Å². The first-order chi connectivity index (χ1) is 9.20. The maximum atomic E-state index is 13.6. The fourth-order valence-corrected chi connectivity index (χ4v) is 2.67. The Kier molecular flexibility index (Phi) is 5.46. The van der Waals surface area contributed by atoms with E-state index in [0.29, 0.717) is 6.10 Å². The van der Waals surface area contributed by atoms with Crippen LogP contribution in [0, 0.1) is 5.82 Å². The minimum atomic E-state index is -0.362. The molecule has 1 fully saturated rings. The Morgan fingerprint density at radius 1 is 1.47 bits per heavy atom. The number of hydrogen-bond donors (Lipinski definition) is 0. The molecular weight excluding hydrogens is 267 g/mol. The number of benzene rings is 1. The summed E-state index contributed by atoms with van der Waals surface area (Å²) in [4.78, 5) is 0. The quantitative estimate of drug-likeness (QED) is 0.744. The molecule has 106 valence electrons. The van der Waals surface area contributed by atoms with Crippen LogP contribution >= 0.6 is 11.6 Å². The third-order valence-electron chi connectivity index (χ3n) is 3.55. The summed E-state index contributed by atoms with van der Waals surface area (Å²) < 4.78 is 24.2. The van der Waals surface area contributed by atoms with Crippen LogP contribution in [0.4, 0.5) is 4.39 Å². The van der Waals surface area contributed by atoms with Gasteiger partial charge in [0.15, 0.2) is 11.6 Å². The van der Waals surface area contributed by atoms with Crippen LogP contribution in [-0.2, 0) is 4.74 Å². The van der Waals surface area contributed by atoms with Gasteiger partial charge < -0.3 is 9.47 Å². The Hall–Kier alpha value is -0.800. The van der Waals surface area contributed by atoms with E-state index in [0.717, 1.165) is 37.9 Å². The second kappa shape index (κ2) is 7.11. The van der Waals surface area contributed by atoms with Crippen molar-refractivity contribution in [3.05, 3.63) is 29.6 Å². The van der Waals surface area contributed by atoms with Crippen LogP contribution in [0.15, 0.2) is 18.2 Å². The molecular formula is C15H20ClFO2. The lowest BCUT2D eigenvalue weighted by atomic mass is 10.0. The highest BCUT2D eigenvalue weighted by molar-refractivity contribution is 6.20. The molecule has 1 aliphatic rings. The fraction of sp³-hybridized carbons (Fsp3) is 0.600. The average Bonchev–Trinajstić information content (AvgIpc) is 2.45. The number of hydrogen-bond acceptors (Lipinski definition) is 2. The molecule has 19 heavy (non-hydrogen) atoms. The minimum Gasteiger partial charge on any atom is -0.494 e. The molecule has 0 radical (unpaired) electrons. The molecule has 0 amide bonds. The summed E-state index contributed by atoms with van der Waals surface area (Å²) in [7, 11) is 1.46. The maximum Gasteiger partial charge on any atom is 0.165 e. The van der Waals surface area contributed by atoms with Crippen LogP contribution in [0.25, 0.3) is 0 Å². The van der Waals surface area contributed by atoms with Crippen molar-refractivity contribution in [3.8, 4) is 5.75 Å². The second-order valence-corrected chi connectivity index (χ2v) is 5.45. The van der Waals surface area contributed by atoms with Crippen LogP contribution in [0.5, 0.6) is 5.75 Å². The first-order valence-corrected chi connectivity index (χ1v) is 7.23. The van der Waals surface area contributed by atoms with E-state index in [1.807, 2.05) is 6.07 Å². The number of rotatable bonds is 5. The SMILES string of the molecule is COc1ccc(C(Cl)CCC2CCCCO2)cc1F. The highest BCUT2D eigenvalue weighted by Crippen LogP contribution is 2.31. The van der Waals surface area contributed by atoms with E-state index in [1.165, 1.54) is 19.6 Å². The summed E-state index contributed by atoms with van der Waals surface area (Å²) in [5, 5.41) is -0.175. The zero-order chi connectivity index (χ0) is 13.7. The largest absolute Gasteiger partial charge is 0.494 e. The van der Waals surface area contributed by atoms with Gasteiger partial charge in [-0.05, 0) is 49.8 Å². The molecule has 1 heterocycles. The molecule has 2 atom stereocenters. The standard InChI is InChI=1S/C15H20ClFO2/c1-18-15-8-5-11(10-14(15)17)13(16)7-6-12-4-2-3-9-19-12/h5,8,10,12-13H,2-4,6-7,9H2,1H3. The van der Waals surface area contributed by atoms with E-state index >= 15 is 0 Å². The molecule has 0 saturated carbocycles. The lowest BCUT2D eigenvalue weighted by Gasteiger charge is -2.23. The van der Waals surface area contributed by atoms with E-state index < -0.39 is 0 Å². The average molecular weight is 287 g/mol. The number of halogens is 2. The maximum absolute atomic E-state index is 13.6. The molecule has 0 N–H and O–H groups in total. The molecule has 0 bridgehead atoms. The summed E-state index contributed by atoms with van der Waals surface area (Å²) in [5.74, 6) is -0.109. The summed E-state index contributed by atoms with van der Waals surface area (Å²) >= 11 is 6.33. The van der Waals surface area contributed by atoms with Crippen molar-refractivity contribution in [1.29, 1.82) is 0 Å². The van der Waals surface area contributed by atoms with E-state index in [1.54, 1.807) is 6.07 Å². The molecule has 1 aromatic rings. The van der Waals surface area contributed by atoms with Crippen molar-refractivity contribution >= 4 is 11.6 Å². The van der Waals surface area contributed by atoms with Crippen LogP contribution in [0.1, 0.15) is 43.0 Å². The normalized spacial score (nSPS) is 21.1. The van der Waals surface area contributed by atoms with Gasteiger partial charge in [0.25, 0.3) is 0 Å². The van der Waals surface area contributed by atoms with E-state index in [-0.39, 0.29) is 16.9 Å². The highest BCUT2D eigenvalue weighted by atomic mass is 35.5. The van der Waals surface area contributed by atoms with Crippen molar-refractivity contribution in [2.24, 2.45) is 0 Å². The first kappa shape index (κ1) is 14.6. The Morgan fingerprint density at radius 3 is 2.95 bits per heavy atom. The molecule has 0 aliphatic carbocycles. The molecule has 1 aromatic carbocycles. The topological polar surface area (TPSA) is 18.5 Å². The molecule has 2 unspecified atom stereocenters. The van der Waals surface area contributed by atoms with Gasteiger partial charge >= 0.3 is 0 Å². The predicted molar refractivity (Wildman–Crippen MR) is 74.4 cm³/mol. The summed E-state index contributed by atoms with van der Waals surface area (Å²) in [6, 6.07) is 4.90. The van der Waals surface area contributed by atoms with Crippen molar-refractivity contribution in [2.45, 2.75) is 43.6 Å². The smallest absolute Gasteiger partial charge is 0.165 e. The molecule has 1 aliphatic heterocycles. The lowest BCUT2D eigenvalue weighted by molar-refractivity contribution is 0.0100. The molecule has 1 saturated heterocycles. The Balaban J connectivity index is 1.88. The zero-order valence-electron chi connectivity index (χ0n) is 11.2. The number of ether oxygens (including phenoxy) is 2. The van der Waals surface area contributed by atoms with Crippen LogP contribution in [-0.4, -0.2) is 19.8 Å². The lowest BCUT2D eigenvalue weighted by Crippen LogP contribution is -2.19. The van der Waals surface area contributed by atoms with Crippen molar-refractivity contribution in [3.63, 3.8) is 0 Å². The fourth-order valence-electron chi connectivity index (χ4n) is 2.41. The van der Waals surface area contributed by atoms with Gasteiger partial charge in [-0.3, -0.25) is 0 Å².